The predicted molar refractivity (Wildman–Crippen MR) is 51.0 cm³/mol. The van der Waals surface area contributed by atoms with Gasteiger partial charge in [0.1, 0.15) is 5.78 Å². The molecule has 0 aromatic heterocycles. The normalized spacial score (nSPS) is 29.7. The van der Waals surface area contributed by atoms with Gasteiger partial charge in [0.15, 0.2) is 0 Å². The molecule has 0 N–H and O–H groups in total. The third-order valence-electron chi connectivity index (χ3n) is 3.07. The highest BCUT2D eigenvalue weighted by molar-refractivity contribution is 5.83. The third kappa shape index (κ3) is 2.33. The average molecular weight is 168 g/mol. The summed E-state index contributed by atoms with van der Waals surface area (Å²) in [4.78, 5) is 11.4. The van der Waals surface area contributed by atoms with Crippen LogP contribution in [0.5, 0.6) is 0 Å². The average Bonchev–Trinajstić information content (AvgIpc) is 2.35. The maximum absolute atomic E-state index is 11.4. The molecule has 1 aliphatic carbocycles. The fourth-order valence-electron chi connectivity index (χ4n) is 2.13. The molecule has 0 aromatic carbocycles. The smallest absolute Gasteiger partial charge is 0.136 e. The number of rotatable bonds is 4. The fraction of sp³-hybridized carbons (Fsp3) is 0.909. The van der Waals surface area contributed by atoms with Crippen LogP contribution in [0.15, 0.2) is 0 Å². The molecule has 1 aliphatic rings. The molecule has 1 nitrogen and oxygen atoms in total. The molecular weight excluding hydrogens is 148 g/mol. The zero-order chi connectivity index (χ0) is 8.97. The Morgan fingerprint density at radius 3 is 2.67 bits per heavy atom. The van der Waals surface area contributed by atoms with Gasteiger partial charge in [-0.1, -0.05) is 33.1 Å². The van der Waals surface area contributed by atoms with Crippen molar-refractivity contribution in [3.63, 3.8) is 0 Å². The Morgan fingerprint density at radius 2 is 2.17 bits per heavy atom. The molecule has 0 aliphatic heterocycles. The summed E-state index contributed by atoms with van der Waals surface area (Å²) in [5.74, 6) is 1.60. The summed E-state index contributed by atoms with van der Waals surface area (Å²) in [5, 5.41) is 0. The molecule has 70 valence electrons. The summed E-state index contributed by atoms with van der Waals surface area (Å²) < 4.78 is 0. The van der Waals surface area contributed by atoms with E-state index in [1.807, 2.05) is 0 Å². The minimum absolute atomic E-state index is 0.413. The lowest BCUT2D eigenvalue weighted by Crippen LogP contribution is -2.12. The molecule has 0 unspecified atom stereocenters. The Labute approximate surface area is 75.5 Å². The summed E-state index contributed by atoms with van der Waals surface area (Å²) in [6.07, 6.45) is 6.92. The van der Waals surface area contributed by atoms with Gasteiger partial charge < -0.3 is 0 Å². The quantitative estimate of drug-likeness (QED) is 0.589. The maximum Gasteiger partial charge on any atom is 0.136 e. The van der Waals surface area contributed by atoms with Gasteiger partial charge in [0, 0.05) is 12.3 Å². The summed E-state index contributed by atoms with van der Waals surface area (Å²) in [5.41, 5.74) is 0. The van der Waals surface area contributed by atoms with E-state index >= 15 is 0 Å². The highest BCUT2D eigenvalue weighted by atomic mass is 16.1. The topological polar surface area (TPSA) is 17.1 Å². The first-order chi connectivity index (χ1) is 5.75. The Balaban J connectivity index is 2.25. The van der Waals surface area contributed by atoms with E-state index in [0.29, 0.717) is 17.6 Å². The first-order valence-electron chi connectivity index (χ1n) is 5.28. The molecule has 0 radical (unpaired) electrons. The molecule has 0 saturated heterocycles. The number of hydrogen-bond acceptors (Lipinski definition) is 1. The van der Waals surface area contributed by atoms with Crippen LogP contribution in [0, 0.1) is 11.8 Å². The van der Waals surface area contributed by atoms with Gasteiger partial charge in [0.05, 0.1) is 0 Å². The number of ketones is 1. The Hall–Kier alpha value is -0.330. The van der Waals surface area contributed by atoms with Crippen LogP contribution in [0.4, 0.5) is 0 Å². The molecule has 1 heteroatoms. The van der Waals surface area contributed by atoms with Crippen molar-refractivity contribution >= 4 is 5.78 Å². The monoisotopic (exact) mass is 168 g/mol. The van der Waals surface area contributed by atoms with Crippen molar-refractivity contribution in [3.8, 4) is 0 Å². The second-order valence-corrected chi connectivity index (χ2v) is 4.08. The molecule has 0 spiro atoms. The Kier molecular flexibility index (Phi) is 3.77. The number of carbonyl (C=O) groups is 1. The van der Waals surface area contributed by atoms with Crippen molar-refractivity contribution in [1.82, 2.24) is 0 Å². The van der Waals surface area contributed by atoms with E-state index in [9.17, 15) is 4.79 Å². The van der Waals surface area contributed by atoms with Crippen LogP contribution in [0.2, 0.25) is 0 Å². The lowest BCUT2D eigenvalue weighted by atomic mass is 9.92. The van der Waals surface area contributed by atoms with E-state index < -0.39 is 0 Å². The first-order valence-corrected chi connectivity index (χ1v) is 5.28. The van der Waals surface area contributed by atoms with Gasteiger partial charge in [-0.2, -0.15) is 0 Å². The molecule has 2 atom stereocenters. The van der Waals surface area contributed by atoms with Gasteiger partial charge in [-0.15, -0.1) is 0 Å². The van der Waals surface area contributed by atoms with Crippen LogP contribution in [-0.2, 0) is 4.79 Å². The summed E-state index contributed by atoms with van der Waals surface area (Å²) >= 11 is 0. The lowest BCUT2D eigenvalue weighted by molar-refractivity contribution is -0.121. The van der Waals surface area contributed by atoms with E-state index in [0.717, 1.165) is 19.3 Å². The van der Waals surface area contributed by atoms with E-state index in [2.05, 4.69) is 13.8 Å². The molecule has 0 bridgehead atoms. The molecule has 0 heterocycles. The van der Waals surface area contributed by atoms with Crippen molar-refractivity contribution in [1.29, 1.82) is 0 Å². The lowest BCUT2D eigenvalue weighted by Gasteiger charge is -2.12. The predicted octanol–water partition coefficient (Wildman–Crippen LogP) is 3.18. The van der Waals surface area contributed by atoms with Gasteiger partial charge in [0.25, 0.3) is 0 Å². The zero-order valence-electron chi connectivity index (χ0n) is 8.31. The van der Waals surface area contributed by atoms with Crippen molar-refractivity contribution in [3.05, 3.63) is 0 Å². The maximum atomic E-state index is 11.4. The summed E-state index contributed by atoms with van der Waals surface area (Å²) in [6.45, 7) is 4.43. The van der Waals surface area contributed by atoms with Gasteiger partial charge in [-0.05, 0) is 18.8 Å². The van der Waals surface area contributed by atoms with Crippen molar-refractivity contribution < 1.29 is 4.79 Å². The van der Waals surface area contributed by atoms with Crippen LogP contribution in [0.25, 0.3) is 0 Å². The number of Topliss-reactive ketones (excluding diaryl/α,β-unsaturated/α-hetero) is 1. The van der Waals surface area contributed by atoms with Crippen LogP contribution in [0.1, 0.15) is 52.4 Å². The summed E-state index contributed by atoms with van der Waals surface area (Å²) in [6, 6.07) is 0. The Morgan fingerprint density at radius 1 is 1.42 bits per heavy atom. The van der Waals surface area contributed by atoms with Gasteiger partial charge in [-0.3, -0.25) is 4.79 Å². The minimum atomic E-state index is 0.413. The van der Waals surface area contributed by atoms with Crippen molar-refractivity contribution in [2.24, 2.45) is 11.8 Å². The number of hydrogen-bond donors (Lipinski definition) is 0. The SMILES string of the molecule is CCCCC[C@H]1C(=O)CC[C@H]1C. The molecule has 1 rings (SSSR count). The van der Waals surface area contributed by atoms with Crippen molar-refractivity contribution in [2.45, 2.75) is 52.4 Å². The first kappa shape index (κ1) is 9.76. The third-order valence-corrected chi connectivity index (χ3v) is 3.07. The van der Waals surface area contributed by atoms with Crippen LogP contribution < -0.4 is 0 Å². The fourth-order valence-corrected chi connectivity index (χ4v) is 2.13. The van der Waals surface area contributed by atoms with E-state index in [1.54, 1.807) is 0 Å². The van der Waals surface area contributed by atoms with E-state index in [4.69, 9.17) is 0 Å². The van der Waals surface area contributed by atoms with E-state index in [-0.39, 0.29) is 0 Å². The number of carbonyl (C=O) groups excluding carboxylic acids is 1. The second-order valence-electron chi connectivity index (χ2n) is 4.08. The van der Waals surface area contributed by atoms with Crippen molar-refractivity contribution in [2.75, 3.05) is 0 Å². The minimum Gasteiger partial charge on any atom is -0.299 e. The molecule has 1 saturated carbocycles. The van der Waals surface area contributed by atoms with Gasteiger partial charge >= 0.3 is 0 Å². The molecule has 0 aromatic rings. The number of unbranched alkanes of at least 4 members (excludes halogenated alkanes) is 2. The Bertz CT molecular complexity index is 151. The molecule has 12 heavy (non-hydrogen) atoms. The largest absolute Gasteiger partial charge is 0.299 e. The molecular formula is C11H20O. The standard InChI is InChI=1S/C11H20O/c1-3-4-5-6-10-9(2)7-8-11(10)12/h9-10H,3-8H2,1-2H3/t9-,10-/m1/s1. The van der Waals surface area contributed by atoms with Gasteiger partial charge in [-0.25, -0.2) is 0 Å². The zero-order valence-corrected chi connectivity index (χ0v) is 8.31. The molecule has 1 fully saturated rings. The van der Waals surface area contributed by atoms with Crippen LogP contribution >= 0.6 is 0 Å². The van der Waals surface area contributed by atoms with Crippen LogP contribution in [0.3, 0.4) is 0 Å². The van der Waals surface area contributed by atoms with Gasteiger partial charge in [0.2, 0.25) is 0 Å². The highest BCUT2D eigenvalue weighted by Crippen LogP contribution is 2.31. The second kappa shape index (κ2) is 4.64. The van der Waals surface area contributed by atoms with E-state index in [1.165, 1.54) is 19.3 Å². The highest BCUT2D eigenvalue weighted by Gasteiger charge is 2.30. The summed E-state index contributed by atoms with van der Waals surface area (Å²) in [7, 11) is 0. The molecule has 0 amide bonds. The van der Waals surface area contributed by atoms with Crippen LogP contribution in [-0.4, -0.2) is 5.78 Å².